The molecule has 1 rings (SSSR count). The SMILES string of the molecule is CSc1cc(C)[n+](CC(=O)O)c(C)c1. The molecule has 1 heterocycles. The molecule has 0 amide bonds. The van der Waals surface area contributed by atoms with E-state index in [1.54, 1.807) is 16.3 Å². The zero-order chi connectivity index (χ0) is 10.7. The number of hydrogen-bond acceptors (Lipinski definition) is 2. The van der Waals surface area contributed by atoms with Crippen LogP contribution in [0.3, 0.4) is 0 Å². The number of aliphatic carboxylic acids is 1. The van der Waals surface area contributed by atoms with E-state index >= 15 is 0 Å². The third-order valence-electron chi connectivity index (χ3n) is 2.08. The first-order valence-corrected chi connectivity index (χ1v) is 5.54. The maximum Gasteiger partial charge on any atom is 0.370 e. The Labute approximate surface area is 87.8 Å². The summed E-state index contributed by atoms with van der Waals surface area (Å²) in [5.41, 5.74) is 1.97. The molecular formula is C10H14NO2S+. The van der Waals surface area contributed by atoms with Gasteiger partial charge in [0.25, 0.3) is 0 Å². The molecule has 14 heavy (non-hydrogen) atoms. The van der Waals surface area contributed by atoms with Crippen LogP contribution in [0.1, 0.15) is 11.4 Å². The zero-order valence-electron chi connectivity index (χ0n) is 8.57. The smallest absolute Gasteiger partial charge is 0.370 e. The topological polar surface area (TPSA) is 41.2 Å². The lowest BCUT2D eigenvalue weighted by Crippen LogP contribution is -2.43. The number of nitrogens with zero attached hydrogens (tertiary/aromatic N) is 1. The van der Waals surface area contributed by atoms with Gasteiger partial charge in [0.1, 0.15) is 0 Å². The number of carboxylic acids is 1. The predicted molar refractivity (Wildman–Crippen MR) is 55.5 cm³/mol. The number of aromatic nitrogens is 1. The van der Waals surface area contributed by atoms with E-state index in [1.165, 1.54) is 4.90 Å². The van der Waals surface area contributed by atoms with Gasteiger partial charge >= 0.3 is 5.97 Å². The summed E-state index contributed by atoms with van der Waals surface area (Å²) in [5.74, 6) is -0.807. The normalized spacial score (nSPS) is 10.2. The van der Waals surface area contributed by atoms with E-state index in [9.17, 15) is 4.79 Å². The lowest BCUT2D eigenvalue weighted by molar-refractivity contribution is -0.698. The van der Waals surface area contributed by atoms with E-state index < -0.39 is 5.97 Å². The lowest BCUT2D eigenvalue weighted by Gasteiger charge is -2.03. The number of carbonyl (C=O) groups is 1. The van der Waals surface area contributed by atoms with Gasteiger partial charge in [-0.3, -0.25) is 0 Å². The highest BCUT2D eigenvalue weighted by molar-refractivity contribution is 7.98. The van der Waals surface area contributed by atoms with Crippen molar-refractivity contribution in [1.82, 2.24) is 0 Å². The van der Waals surface area contributed by atoms with Gasteiger partial charge in [0, 0.05) is 30.9 Å². The van der Waals surface area contributed by atoms with Crippen molar-refractivity contribution in [3.63, 3.8) is 0 Å². The van der Waals surface area contributed by atoms with Gasteiger partial charge in [0.05, 0.1) is 0 Å². The Morgan fingerprint density at radius 1 is 1.43 bits per heavy atom. The van der Waals surface area contributed by atoms with Crippen molar-refractivity contribution in [2.45, 2.75) is 25.3 Å². The second-order valence-corrected chi connectivity index (χ2v) is 4.04. The van der Waals surface area contributed by atoms with Gasteiger partial charge < -0.3 is 5.11 Å². The van der Waals surface area contributed by atoms with Crippen LogP contribution in [-0.2, 0) is 11.3 Å². The highest BCUT2D eigenvalue weighted by Crippen LogP contribution is 2.14. The van der Waals surface area contributed by atoms with Gasteiger partial charge in [-0.25, -0.2) is 4.79 Å². The Morgan fingerprint density at radius 2 is 1.93 bits per heavy atom. The molecule has 0 bridgehead atoms. The summed E-state index contributed by atoms with van der Waals surface area (Å²) in [6.45, 7) is 3.89. The molecule has 0 aliphatic carbocycles. The van der Waals surface area contributed by atoms with Crippen molar-refractivity contribution in [2.75, 3.05) is 6.26 Å². The summed E-state index contributed by atoms with van der Waals surface area (Å²) in [5, 5.41) is 8.72. The molecule has 1 aromatic rings. The average Bonchev–Trinajstić information content (AvgIpc) is 2.10. The molecule has 0 saturated carbocycles. The minimum atomic E-state index is -0.807. The third-order valence-corrected chi connectivity index (χ3v) is 2.79. The molecule has 0 unspecified atom stereocenters. The standard InChI is InChI=1S/C10H13NO2S/c1-7-4-9(14-3)5-8(2)11(7)6-10(12)13/h4-5H,6H2,1-3H3/p+1. The number of carboxylic acid groups (broad SMARTS) is 1. The summed E-state index contributed by atoms with van der Waals surface area (Å²) in [6.07, 6.45) is 2.01. The van der Waals surface area contributed by atoms with Crippen molar-refractivity contribution in [2.24, 2.45) is 0 Å². The van der Waals surface area contributed by atoms with Gasteiger partial charge in [-0.05, 0) is 6.26 Å². The van der Waals surface area contributed by atoms with Crippen LogP contribution >= 0.6 is 11.8 Å². The van der Waals surface area contributed by atoms with Gasteiger partial charge in [-0.15, -0.1) is 11.8 Å². The zero-order valence-corrected chi connectivity index (χ0v) is 9.39. The molecule has 0 atom stereocenters. The monoisotopic (exact) mass is 212 g/mol. The van der Waals surface area contributed by atoms with E-state index in [4.69, 9.17) is 5.11 Å². The van der Waals surface area contributed by atoms with Crippen LogP contribution in [0.4, 0.5) is 0 Å². The minimum Gasteiger partial charge on any atom is -0.477 e. The average molecular weight is 212 g/mol. The Morgan fingerprint density at radius 3 is 2.29 bits per heavy atom. The Hall–Kier alpha value is -1.03. The van der Waals surface area contributed by atoms with E-state index in [-0.39, 0.29) is 6.54 Å². The number of thioether (sulfide) groups is 1. The van der Waals surface area contributed by atoms with E-state index in [2.05, 4.69) is 0 Å². The second-order valence-electron chi connectivity index (χ2n) is 3.16. The highest BCUT2D eigenvalue weighted by Gasteiger charge is 2.15. The Balaban J connectivity index is 3.11. The van der Waals surface area contributed by atoms with Crippen molar-refractivity contribution in [3.05, 3.63) is 23.5 Å². The summed E-state index contributed by atoms with van der Waals surface area (Å²) >= 11 is 1.66. The van der Waals surface area contributed by atoms with Gasteiger partial charge in [-0.1, -0.05) is 0 Å². The number of rotatable bonds is 3. The fraction of sp³-hybridized carbons (Fsp3) is 0.400. The molecule has 76 valence electrons. The Bertz CT molecular complexity index is 340. The molecule has 1 N–H and O–H groups in total. The van der Waals surface area contributed by atoms with Crippen LogP contribution in [0.25, 0.3) is 0 Å². The summed E-state index contributed by atoms with van der Waals surface area (Å²) in [7, 11) is 0. The highest BCUT2D eigenvalue weighted by atomic mass is 32.2. The number of pyridine rings is 1. The number of aryl methyl sites for hydroxylation is 2. The van der Waals surface area contributed by atoms with Crippen molar-refractivity contribution >= 4 is 17.7 Å². The molecule has 0 fully saturated rings. The van der Waals surface area contributed by atoms with Gasteiger partial charge in [-0.2, -0.15) is 4.57 Å². The second kappa shape index (κ2) is 4.46. The molecule has 0 aliphatic rings. The van der Waals surface area contributed by atoms with Crippen LogP contribution in [0.2, 0.25) is 0 Å². The molecule has 4 heteroatoms. The van der Waals surface area contributed by atoms with Gasteiger partial charge in [0.15, 0.2) is 11.4 Å². The molecule has 0 radical (unpaired) electrons. The van der Waals surface area contributed by atoms with E-state index in [1.807, 2.05) is 32.2 Å². The maximum absolute atomic E-state index is 10.6. The molecule has 0 saturated heterocycles. The minimum absolute atomic E-state index is 0.0341. The summed E-state index contributed by atoms with van der Waals surface area (Å²) in [4.78, 5) is 11.8. The van der Waals surface area contributed by atoms with Crippen molar-refractivity contribution < 1.29 is 14.5 Å². The molecule has 0 aliphatic heterocycles. The maximum atomic E-state index is 10.6. The number of hydrogen-bond donors (Lipinski definition) is 1. The van der Waals surface area contributed by atoms with Crippen LogP contribution < -0.4 is 4.57 Å². The fourth-order valence-electron chi connectivity index (χ4n) is 1.39. The molecular weight excluding hydrogens is 198 g/mol. The first-order valence-electron chi connectivity index (χ1n) is 4.31. The molecule has 0 aromatic carbocycles. The van der Waals surface area contributed by atoms with E-state index in [0.717, 1.165) is 11.4 Å². The predicted octanol–water partition coefficient (Wildman–Crippen LogP) is 1.40. The van der Waals surface area contributed by atoms with Crippen LogP contribution in [0.5, 0.6) is 0 Å². The largest absolute Gasteiger partial charge is 0.477 e. The first kappa shape index (κ1) is 11.0. The van der Waals surface area contributed by atoms with Crippen LogP contribution in [0, 0.1) is 13.8 Å². The molecule has 1 aromatic heterocycles. The van der Waals surface area contributed by atoms with Crippen molar-refractivity contribution in [1.29, 1.82) is 0 Å². The fourth-order valence-corrected chi connectivity index (χ4v) is 1.97. The lowest BCUT2D eigenvalue weighted by atomic mass is 10.3. The summed E-state index contributed by atoms with van der Waals surface area (Å²) < 4.78 is 1.79. The van der Waals surface area contributed by atoms with Crippen LogP contribution in [-0.4, -0.2) is 17.3 Å². The summed E-state index contributed by atoms with van der Waals surface area (Å²) in [6, 6.07) is 4.00. The first-order chi connectivity index (χ1) is 6.54. The van der Waals surface area contributed by atoms with E-state index in [0.29, 0.717) is 0 Å². The third kappa shape index (κ3) is 2.48. The van der Waals surface area contributed by atoms with Crippen molar-refractivity contribution in [3.8, 4) is 0 Å². The van der Waals surface area contributed by atoms with Gasteiger partial charge in [0.2, 0.25) is 6.54 Å². The van der Waals surface area contributed by atoms with Crippen LogP contribution in [0.15, 0.2) is 17.0 Å². The quantitative estimate of drug-likeness (QED) is 0.608. The Kier molecular flexibility index (Phi) is 3.52. The molecule has 0 spiro atoms. The molecule has 3 nitrogen and oxygen atoms in total.